The molecule has 1 fully saturated rings. The molecule has 5 rings (SSSR count). The molecule has 4 aromatic rings. The Bertz CT molecular complexity index is 1190. The second kappa shape index (κ2) is 7.95. The highest BCUT2D eigenvalue weighted by Crippen LogP contribution is 2.30. The van der Waals surface area contributed by atoms with Gasteiger partial charge < -0.3 is 14.5 Å². The van der Waals surface area contributed by atoms with Crippen LogP contribution in [0.25, 0.3) is 16.7 Å². The van der Waals surface area contributed by atoms with Crippen LogP contribution in [0.15, 0.2) is 65.5 Å². The van der Waals surface area contributed by atoms with Crippen LogP contribution < -0.4 is 14.5 Å². The van der Waals surface area contributed by atoms with Crippen LogP contribution in [0.5, 0.6) is 5.75 Å². The molecular formula is C22H21BrN6O. The van der Waals surface area contributed by atoms with Crippen molar-refractivity contribution in [3.8, 4) is 11.4 Å². The minimum absolute atomic E-state index is 0.810. The maximum Gasteiger partial charge on any atom is 0.168 e. The van der Waals surface area contributed by atoms with Crippen molar-refractivity contribution in [2.75, 3.05) is 43.1 Å². The van der Waals surface area contributed by atoms with Gasteiger partial charge in [0.05, 0.1) is 30.1 Å². The standard InChI is InChI=1S/C22H21BrN6O/c1-30-20-8-3-2-7-19(20)27-9-11-28(12-10-27)21-18-14-26-29(22(18)25-15-24-21)17-6-4-5-16(23)13-17/h2-8,13-15H,9-12H2,1H3. The summed E-state index contributed by atoms with van der Waals surface area (Å²) >= 11 is 3.53. The number of piperazine rings is 1. The Hall–Kier alpha value is -3.13. The number of methoxy groups -OCH3 is 1. The summed E-state index contributed by atoms with van der Waals surface area (Å²) < 4.78 is 8.39. The van der Waals surface area contributed by atoms with Crippen molar-refractivity contribution in [2.24, 2.45) is 0 Å². The van der Waals surface area contributed by atoms with Crippen molar-refractivity contribution in [1.82, 2.24) is 19.7 Å². The van der Waals surface area contributed by atoms with E-state index in [9.17, 15) is 0 Å². The van der Waals surface area contributed by atoms with Crippen LogP contribution in [-0.4, -0.2) is 53.0 Å². The predicted molar refractivity (Wildman–Crippen MR) is 122 cm³/mol. The number of nitrogens with zero attached hydrogens (tertiary/aromatic N) is 6. The molecule has 2 aromatic heterocycles. The number of aromatic nitrogens is 4. The Morgan fingerprint density at radius 1 is 0.933 bits per heavy atom. The van der Waals surface area contributed by atoms with Crippen LogP contribution in [-0.2, 0) is 0 Å². The number of halogens is 1. The third kappa shape index (κ3) is 3.37. The van der Waals surface area contributed by atoms with Gasteiger partial charge in [0.1, 0.15) is 17.9 Å². The molecule has 0 atom stereocenters. The Kier molecular flexibility index (Phi) is 5.00. The van der Waals surface area contributed by atoms with E-state index in [-0.39, 0.29) is 0 Å². The Morgan fingerprint density at radius 3 is 2.53 bits per heavy atom. The number of fused-ring (bicyclic) bond motifs is 1. The smallest absolute Gasteiger partial charge is 0.168 e. The van der Waals surface area contributed by atoms with Crippen molar-refractivity contribution >= 4 is 38.5 Å². The molecule has 2 aromatic carbocycles. The lowest BCUT2D eigenvalue weighted by molar-refractivity contribution is 0.413. The van der Waals surface area contributed by atoms with E-state index in [2.05, 4.69) is 52.9 Å². The van der Waals surface area contributed by atoms with Gasteiger partial charge in [-0.1, -0.05) is 34.1 Å². The molecule has 0 spiro atoms. The molecule has 152 valence electrons. The monoisotopic (exact) mass is 464 g/mol. The van der Waals surface area contributed by atoms with Crippen LogP contribution in [0.4, 0.5) is 11.5 Å². The summed E-state index contributed by atoms with van der Waals surface area (Å²) in [5.74, 6) is 1.84. The molecule has 30 heavy (non-hydrogen) atoms. The van der Waals surface area contributed by atoms with Gasteiger partial charge in [-0.3, -0.25) is 0 Å². The van der Waals surface area contributed by atoms with Gasteiger partial charge in [-0.15, -0.1) is 0 Å². The van der Waals surface area contributed by atoms with E-state index in [1.54, 1.807) is 13.4 Å². The van der Waals surface area contributed by atoms with Gasteiger partial charge in [0.2, 0.25) is 0 Å². The van der Waals surface area contributed by atoms with Gasteiger partial charge in [-0.25, -0.2) is 14.6 Å². The highest BCUT2D eigenvalue weighted by Gasteiger charge is 2.23. The molecule has 0 radical (unpaired) electrons. The number of hydrogen-bond acceptors (Lipinski definition) is 6. The third-order valence-electron chi connectivity index (χ3n) is 5.40. The summed E-state index contributed by atoms with van der Waals surface area (Å²) in [6, 6.07) is 16.2. The minimum atomic E-state index is 0.810. The number of benzene rings is 2. The summed E-state index contributed by atoms with van der Waals surface area (Å²) in [6.07, 6.45) is 3.48. The predicted octanol–water partition coefficient (Wildman–Crippen LogP) is 3.91. The van der Waals surface area contributed by atoms with Crippen molar-refractivity contribution in [2.45, 2.75) is 0 Å². The zero-order chi connectivity index (χ0) is 20.5. The second-order valence-electron chi connectivity index (χ2n) is 7.12. The van der Waals surface area contributed by atoms with Crippen molar-refractivity contribution in [3.05, 3.63) is 65.5 Å². The molecule has 0 aliphatic carbocycles. The average Bonchev–Trinajstić information content (AvgIpc) is 3.23. The van der Waals surface area contributed by atoms with Crippen LogP contribution in [0.1, 0.15) is 0 Å². The fraction of sp³-hybridized carbons (Fsp3) is 0.227. The molecule has 0 amide bonds. The molecule has 1 saturated heterocycles. The first-order chi connectivity index (χ1) is 14.7. The molecule has 1 aliphatic rings. The van der Waals surface area contributed by atoms with Gasteiger partial charge >= 0.3 is 0 Å². The number of anilines is 2. The second-order valence-corrected chi connectivity index (χ2v) is 8.03. The van der Waals surface area contributed by atoms with Crippen LogP contribution in [0.2, 0.25) is 0 Å². The Balaban J connectivity index is 1.41. The molecule has 1 aliphatic heterocycles. The fourth-order valence-corrected chi connectivity index (χ4v) is 4.32. The fourth-order valence-electron chi connectivity index (χ4n) is 3.93. The van der Waals surface area contributed by atoms with Gasteiger partial charge in [0.25, 0.3) is 0 Å². The van der Waals surface area contributed by atoms with E-state index in [1.165, 1.54) is 0 Å². The molecular weight excluding hydrogens is 444 g/mol. The first-order valence-electron chi connectivity index (χ1n) is 9.82. The number of hydrogen-bond donors (Lipinski definition) is 0. The van der Waals surface area contributed by atoms with Crippen LogP contribution >= 0.6 is 15.9 Å². The van der Waals surface area contributed by atoms with Gasteiger partial charge in [-0.2, -0.15) is 5.10 Å². The Labute approximate surface area is 183 Å². The number of ether oxygens (including phenoxy) is 1. The van der Waals surface area contributed by atoms with E-state index in [0.717, 1.165) is 64.6 Å². The first kappa shape index (κ1) is 18.9. The SMILES string of the molecule is COc1ccccc1N1CCN(c2ncnc3c2cnn3-c2cccc(Br)c2)CC1. The molecule has 8 heteroatoms. The largest absolute Gasteiger partial charge is 0.495 e. The zero-order valence-electron chi connectivity index (χ0n) is 16.6. The minimum Gasteiger partial charge on any atom is -0.495 e. The van der Waals surface area contributed by atoms with E-state index in [0.29, 0.717) is 0 Å². The van der Waals surface area contributed by atoms with Gasteiger partial charge in [0.15, 0.2) is 5.65 Å². The summed E-state index contributed by atoms with van der Waals surface area (Å²) in [7, 11) is 1.72. The lowest BCUT2D eigenvalue weighted by atomic mass is 10.2. The molecule has 3 heterocycles. The van der Waals surface area contributed by atoms with E-state index >= 15 is 0 Å². The zero-order valence-corrected chi connectivity index (χ0v) is 18.2. The summed E-state index contributed by atoms with van der Waals surface area (Å²) in [5.41, 5.74) is 2.91. The molecule has 7 nitrogen and oxygen atoms in total. The van der Waals surface area contributed by atoms with E-state index in [1.807, 2.05) is 47.3 Å². The van der Waals surface area contributed by atoms with Crippen LogP contribution in [0, 0.1) is 0 Å². The normalized spacial score (nSPS) is 14.3. The van der Waals surface area contributed by atoms with Gasteiger partial charge in [0, 0.05) is 30.7 Å². The average molecular weight is 465 g/mol. The van der Waals surface area contributed by atoms with Crippen molar-refractivity contribution in [1.29, 1.82) is 0 Å². The number of rotatable bonds is 4. The maximum absolute atomic E-state index is 5.53. The topological polar surface area (TPSA) is 59.3 Å². The first-order valence-corrected chi connectivity index (χ1v) is 10.6. The molecule has 0 N–H and O–H groups in total. The van der Waals surface area contributed by atoms with E-state index < -0.39 is 0 Å². The molecule has 0 saturated carbocycles. The molecule has 0 unspecified atom stereocenters. The van der Waals surface area contributed by atoms with Crippen molar-refractivity contribution < 1.29 is 4.74 Å². The quantitative estimate of drug-likeness (QED) is 0.456. The van der Waals surface area contributed by atoms with Crippen LogP contribution in [0.3, 0.4) is 0 Å². The van der Waals surface area contributed by atoms with E-state index in [4.69, 9.17) is 4.74 Å². The lowest BCUT2D eigenvalue weighted by Crippen LogP contribution is -2.47. The highest BCUT2D eigenvalue weighted by atomic mass is 79.9. The highest BCUT2D eigenvalue weighted by molar-refractivity contribution is 9.10. The summed E-state index contributed by atoms with van der Waals surface area (Å²) in [6.45, 7) is 3.52. The summed E-state index contributed by atoms with van der Waals surface area (Å²) in [4.78, 5) is 13.8. The van der Waals surface area contributed by atoms with Crippen molar-refractivity contribution in [3.63, 3.8) is 0 Å². The number of para-hydroxylation sites is 2. The van der Waals surface area contributed by atoms with Gasteiger partial charge in [-0.05, 0) is 30.3 Å². The Morgan fingerprint density at radius 2 is 1.73 bits per heavy atom. The third-order valence-corrected chi connectivity index (χ3v) is 5.90. The summed E-state index contributed by atoms with van der Waals surface area (Å²) in [5, 5.41) is 5.55. The maximum atomic E-state index is 5.53. The lowest BCUT2D eigenvalue weighted by Gasteiger charge is -2.37. The molecule has 0 bridgehead atoms.